The lowest BCUT2D eigenvalue weighted by Gasteiger charge is -2.32. The summed E-state index contributed by atoms with van der Waals surface area (Å²) >= 11 is 0. The van der Waals surface area contributed by atoms with Crippen LogP contribution in [0.3, 0.4) is 0 Å². The third-order valence-corrected chi connectivity index (χ3v) is 7.33. The number of carbonyl (C=O) groups is 3. The molecule has 2 aromatic carbocycles. The average molecular weight is 479 g/mol. The minimum absolute atomic E-state index is 0.00899. The molecular weight excluding hydrogens is 444 g/mol. The Morgan fingerprint density at radius 2 is 1.66 bits per heavy atom. The Morgan fingerprint density at radius 3 is 2.26 bits per heavy atom. The van der Waals surface area contributed by atoms with E-state index in [4.69, 9.17) is 4.74 Å². The van der Waals surface area contributed by atoms with Crippen LogP contribution in [0.4, 0.5) is 4.79 Å². The summed E-state index contributed by atoms with van der Waals surface area (Å²) in [6.45, 7) is 3.68. The number of benzene rings is 2. The SMILES string of the molecule is CCCC(C)(NC(=O)C1CCCC(NC(=O)OCC2c3ccccc3-c3ccccc32)C1)C(=O)O. The predicted molar refractivity (Wildman–Crippen MR) is 133 cm³/mol. The standard InChI is InChI=1S/C28H34N2O5/c1-3-15-28(2,26(32)33)30-25(31)18-9-8-10-19(16-18)29-27(34)35-17-24-22-13-6-4-11-20(22)21-12-5-7-14-23(21)24/h4-7,11-14,18-19,24H,3,8-10,15-17H2,1-2H3,(H,29,34)(H,30,31)(H,32,33). The first kappa shape index (κ1) is 24.8. The van der Waals surface area contributed by atoms with Crippen molar-refractivity contribution in [3.8, 4) is 11.1 Å². The molecule has 7 heteroatoms. The van der Waals surface area contributed by atoms with Crippen LogP contribution in [0.2, 0.25) is 0 Å². The van der Waals surface area contributed by atoms with Gasteiger partial charge in [0.05, 0.1) is 0 Å². The normalized spacial score (nSPS) is 20.7. The van der Waals surface area contributed by atoms with E-state index < -0.39 is 17.6 Å². The number of alkyl carbamates (subject to hydrolysis) is 1. The highest BCUT2D eigenvalue weighted by atomic mass is 16.5. The Balaban J connectivity index is 1.33. The number of hydrogen-bond acceptors (Lipinski definition) is 4. The zero-order valence-corrected chi connectivity index (χ0v) is 20.4. The third kappa shape index (κ3) is 5.34. The number of amides is 2. The Kier molecular flexibility index (Phi) is 7.43. The fraction of sp³-hybridized carbons (Fsp3) is 0.464. The van der Waals surface area contributed by atoms with E-state index in [1.165, 1.54) is 11.1 Å². The van der Waals surface area contributed by atoms with E-state index >= 15 is 0 Å². The van der Waals surface area contributed by atoms with E-state index in [2.05, 4.69) is 34.9 Å². The molecule has 0 heterocycles. The zero-order valence-electron chi connectivity index (χ0n) is 20.4. The Morgan fingerprint density at radius 1 is 1.03 bits per heavy atom. The summed E-state index contributed by atoms with van der Waals surface area (Å²) in [6.07, 6.45) is 3.22. The molecule has 1 fully saturated rings. The molecular formula is C28H34N2O5. The van der Waals surface area contributed by atoms with Crippen LogP contribution in [0.25, 0.3) is 11.1 Å². The van der Waals surface area contributed by atoms with Gasteiger partial charge in [0.2, 0.25) is 5.91 Å². The lowest BCUT2D eigenvalue weighted by molar-refractivity contribution is -0.148. The first-order valence-corrected chi connectivity index (χ1v) is 12.5. The fourth-order valence-corrected chi connectivity index (χ4v) is 5.46. The number of ether oxygens (including phenoxy) is 1. The molecule has 0 radical (unpaired) electrons. The van der Waals surface area contributed by atoms with Gasteiger partial charge in [0.1, 0.15) is 12.1 Å². The molecule has 0 aliphatic heterocycles. The molecule has 2 aliphatic carbocycles. The van der Waals surface area contributed by atoms with Crippen LogP contribution in [-0.2, 0) is 14.3 Å². The van der Waals surface area contributed by atoms with Gasteiger partial charge in [-0.1, -0.05) is 68.3 Å². The van der Waals surface area contributed by atoms with Crippen LogP contribution in [0, 0.1) is 5.92 Å². The van der Waals surface area contributed by atoms with Crippen LogP contribution in [0.15, 0.2) is 48.5 Å². The summed E-state index contributed by atoms with van der Waals surface area (Å²) in [6, 6.07) is 16.2. The molecule has 0 aromatic heterocycles. The minimum atomic E-state index is -1.28. The lowest BCUT2D eigenvalue weighted by atomic mass is 9.84. The maximum Gasteiger partial charge on any atom is 0.407 e. The number of hydrogen-bond donors (Lipinski definition) is 3. The Bertz CT molecular complexity index is 1050. The van der Waals surface area contributed by atoms with E-state index in [9.17, 15) is 19.5 Å². The molecule has 3 unspecified atom stereocenters. The topological polar surface area (TPSA) is 105 Å². The molecule has 4 rings (SSSR count). The van der Waals surface area contributed by atoms with Gasteiger partial charge in [-0.15, -0.1) is 0 Å². The van der Waals surface area contributed by atoms with Crippen molar-refractivity contribution in [2.75, 3.05) is 6.61 Å². The van der Waals surface area contributed by atoms with Crippen LogP contribution in [-0.4, -0.2) is 41.3 Å². The predicted octanol–water partition coefficient (Wildman–Crippen LogP) is 4.84. The molecule has 3 N–H and O–H groups in total. The first-order chi connectivity index (χ1) is 16.8. The number of aliphatic carboxylic acids is 1. The highest BCUT2D eigenvalue weighted by molar-refractivity contribution is 5.88. The fourth-order valence-electron chi connectivity index (χ4n) is 5.46. The molecule has 0 saturated heterocycles. The van der Waals surface area contributed by atoms with Crippen molar-refractivity contribution in [2.45, 2.75) is 69.9 Å². The summed E-state index contributed by atoms with van der Waals surface area (Å²) in [4.78, 5) is 37.2. The molecule has 0 spiro atoms. The van der Waals surface area contributed by atoms with Gasteiger partial charge < -0.3 is 20.5 Å². The molecule has 186 valence electrons. The highest BCUT2D eigenvalue weighted by Gasteiger charge is 2.37. The van der Waals surface area contributed by atoms with Crippen molar-refractivity contribution in [3.05, 3.63) is 59.7 Å². The van der Waals surface area contributed by atoms with Gasteiger partial charge in [0.25, 0.3) is 0 Å². The second kappa shape index (κ2) is 10.5. The van der Waals surface area contributed by atoms with Crippen molar-refractivity contribution in [1.29, 1.82) is 0 Å². The van der Waals surface area contributed by atoms with Gasteiger partial charge in [-0.25, -0.2) is 9.59 Å². The Labute approximate surface area is 206 Å². The van der Waals surface area contributed by atoms with E-state index in [0.717, 1.165) is 24.0 Å². The van der Waals surface area contributed by atoms with Crippen molar-refractivity contribution < 1.29 is 24.2 Å². The van der Waals surface area contributed by atoms with E-state index in [1.54, 1.807) is 6.92 Å². The largest absolute Gasteiger partial charge is 0.480 e. The third-order valence-electron chi connectivity index (χ3n) is 7.33. The highest BCUT2D eigenvalue weighted by Crippen LogP contribution is 2.44. The molecule has 2 aliphatic rings. The van der Waals surface area contributed by atoms with Crippen molar-refractivity contribution in [1.82, 2.24) is 10.6 Å². The summed E-state index contributed by atoms with van der Waals surface area (Å²) in [7, 11) is 0. The quantitative estimate of drug-likeness (QED) is 0.503. The lowest BCUT2D eigenvalue weighted by Crippen LogP contribution is -2.54. The second-order valence-corrected chi connectivity index (χ2v) is 9.91. The first-order valence-electron chi connectivity index (χ1n) is 12.5. The number of carboxylic acid groups (broad SMARTS) is 1. The van der Waals surface area contributed by atoms with Gasteiger partial charge in [0.15, 0.2) is 0 Å². The molecule has 1 saturated carbocycles. The average Bonchev–Trinajstić information content (AvgIpc) is 3.16. The van der Waals surface area contributed by atoms with Gasteiger partial charge in [-0.3, -0.25) is 4.79 Å². The molecule has 3 atom stereocenters. The van der Waals surface area contributed by atoms with Crippen molar-refractivity contribution in [3.63, 3.8) is 0 Å². The van der Waals surface area contributed by atoms with Gasteiger partial charge in [0, 0.05) is 17.9 Å². The van der Waals surface area contributed by atoms with E-state index in [0.29, 0.717) is 25.7 Å². The molecule has 2 aromatic rings. The van der Waals surface area contributed by atoms with Crippen molar-refractivity contribution in [2.24, 2.45) is 5.92 Å². The molecule has 2 amide bonds. The second-order valence-electron chi connectivity index (χ2n) is 9.91. The van der Waals surface area contributed by atoms with Crippen LogP contribution < -0.4 is 10.6 Å². The summed E-state index contributed by atoms with van der Waals surface area (Å²) in [5.74, 6) is -1.64. The van der Waals surface area contributed by atoms with E-state index in [1.807, 2.05) is 31.2 Å². The number of fused-ring (bicyclic) bond motifs is 3. The zero-order chi connectivity index (χ0) is 25.0. The summed E-state index contributed by atoms with van der Waals surface area (Å²) < 4.78 is 5.65. The maximum atomic E-state index is 12.8. The smallest absolute Gasteiger partial charge is 0.407 e. The molecule has 7 nitrogen and oxygen atoms in total. The monoisotopic (exact) mass is 478 g/mol. The van der Waals surface area contributed by atoms with Gasteiger partial charge >= 0.3 is 12.1 Å². The van der Waals surface area contributed by atoms with Crippen LogP contribution in [0.1, 0.15) is 69.4 Å². The number of rotatable bonds is 8. The molecule has 0 bridgehead atoms. The van der Waals surface area contributed by atoms with Crippen LogP contribution >= 0.6 is 0 Å². The Hall–Kier alpha value is -3.35. The van der Waals surface area contributed by atoms with Gasteiger partial charge in [-0.2, -0.15) is 0 Å². The summed E-state index contributed by atoms with van der Waals surface area (Å²) in [5, 5.41) is 15.2. The summed E-state index contributed by atoms with van der Waals surface area (Å²) in [5.41, 5.74) is 3.39. The number of carboxylic acids is 1. The maximum absolute atomic E-state index is 12.8. The van der Waals surface area contributed by atoms with E-state index in [-0.39, 0.29) is 30.4 Å². The van der Waals surface area contributed by atoms with Crippen molar-refractivity contribution >= 4 is 18.0 Å². The molecule has 35 heavy (non-hydrogen) atoms. The number of carbonyl (C=O) groups excluding carboxylic acids is 2. The number of nitrogens with one attached hydrogen (secondary N) is 2. The van der Waals surface area contributed by atoms with Crippen LogP contribution in [0.5, 0.6) is 0 Å². The minimum Gasteiger partial charge on any atom is -0.480 e. The van der Waals surface area contributed by atoms with Gasteiger partial charge in [-0.05, 0) is 54.9 Å².